The quantitative estimate of drug-likeness (QED) is 0.789. The fourth-order valence-corrected chi connectivity index (χ4v) is 2.81. The molecule has 0 aromatic heterocycles. The van der Waals surface area contributed by atoms with Crippen molar-refractivity contribution in [1.82, 2.24) is 0 Å². The number of nitrogens with zero attached hydrogens (tertiary/aromatic N) is 1. The van der Waals surface area contributed by atoms with Gasteiger partial charge in [-0.05, 0) is 30.3 Å². The van der Waals surface area contributed by atoms with Crippen LogP contribution >= 0.6 is 23.2 Å². The van der Waals surface area contributed by atoms with E-state index in [-0.39, 0.29) is 11.7 Å². The first-order valence-corrected chi connectivity index (χ1v) is 7.22. The van der Waals surface area contributed by atoms with Crippen LogP contribution in [-0.2, 0) is 0 Å². The molecule has 3 rings (SSSR count). The number of hydrogen-bond acceptors (Lipinski definition) is 2. The Hall–Kier alpha value is -1.84. The van der Waals surface area contributed by atoms with E-state index in [9.17, 15) is 9.59 Å². The van der Waals surface area contributed by atoms with E-state index in [1.807, 2.05) is 0 Å². The van der Waals surface area contributed by atoms with E-state index >= 15 is 0 Å². The van der Waals surface area contributed by atoms with Gasteiger partial charge in [0, 0.05) is 23.6 Å². The molecular formula is C16H11Cl2NO2. The van der Waals surface area contributed by atoms with Crippen molar-refractivity contribution in [2.45, 2.75) is 6.42 Å². The topological polar surface area (TPSA) is 37.4 Å². The second-order valence-corrected chi connectivity index (χ2v) is 5.61. The predicted octanol–water partition coefficient (Wildman–Crippen LogP) is 4.23. The van der Waals surface area contributed by atoms with Crippen molar-refractivity contribution < 1.29 is 9.59 Å². The summed E-state index contributed by atoms with van der Waals surface area (Å²) in [6, 6.07) is 11.8. The molecule has 0 saturated carbocycles. The first-order chi connectivity index (χ1) is 10.1. The van der Waals surface area contributed by atoms with E-state index in [2.05, 4.69) is 0 Å². The molecule has 1 aliphatic heterocycles. The molecular weight excluding hydrogens is 309 g/mol. The molecule has 0 unspecified atom stereocenters. The van der Waals surface area contributed by atoms with Gasteiger partial charge in [-0.2, -0.15) is 0 Å². The molecule has 0 aliphatic carbocycles. The minimum absolute atomic E-state index is 0.0184. The molecule has 106 valence electrons. The lowest BCUT2D eigenvalue weighted by molar-refractivity contribution is 0.0955. The van der Waals surface area contributed by atoms with Crippen molar-refractivity contribution in [3.63, 3.8) is 0 Å². The molecule has 1 amide bonds. The third-order valence-corrected chi connectivity index (χ3v) is 4.03. The van der Waals surface area contributed by atoms with Crippen LogP contribution in [0.15, 0.2) is 42.5 Å². The number of ketones is 1. The summed E-state index contributed by atoms with van der Waals surface area (Å²) in [6.07, 6.45) is 0.296. The van der Waals surface area contributed by atoms with Gasteiger partial charge in [0.15, 0.2) is 5.78 Å². The van der Waals surface area contributed by atoms with Gasteiger partial charge >= 0.3 is 0 Å². The second-order valence-electron chi connectivity index (χ2n) is 4.77. The number of halogens is 2. The van der Waals surface area contributed by atoms with Crippen molar-refractivity contribution in [3.05, 3.63) is 63.6 Å². The number of amides is 1. The van der Waals surface area contributed by atoms with Crippen LogP contribution in [0.1, 0.15) is 27.1 Å². The van der Waals surface area contributed by atoms with Crippen LogP contribution in [0.5, 0.6) is 0 Å². The van der Waals surface area contributed by atoms with E-state index in [0.29, 0.717) is 39.8 Å². The lowest BCUT2D eigenvalue weighted by Crippen LogP contribution is -2.37. The fraction of sp³-hybridized carbons (Fsp3) is 0.125. The molecule has 2 aromatic carbocycles. The molecule has 0 saturated heterocycles. The summed E-state index contributed by atoms with van der Waals surface area (Å²) in [7, 11) is 0. The Labute approximate surface area is 132 Å². The van der Waals surface area contributed by atoms with Gasteiger partial charge in [0.25, 0.3) is 5.91 Å². The lowest BCUT2D eigenvalue weighted by atomic mass is 9.99. The van der Waals surface area contributed by atoms with Crippen LogP contribution in [0, 0.1) is 0 Å². The van der Waals surface area contributed by atoms with Gasteiger partial charge in [-0.15, -0.1) is 0 Å². The summed E-state index contributed by atoms with van der Waals surface area (Å²) in [4.78, 5) is 26.2. The SMILES string of the molecule is O=C1CCN(C(=O)c2ccccc2Cl)c2cc(Cl)ccc21. The maximum Gasteiger partial charge on any atom is 0.259 e. The molecule has 3 nitrogen and oxygen atoms in total. The Morgan fingerprint density at radius 3 is 2.62 bits per heavy atom. The molecule has 2 aromatic rings. The second kappa shape index (κ2) is 5.51. The summed E-state index contributed by atoms with van der Waals surface area (Å²) in [5.74, 6) is -0.207. The summed E-state index contributed by atoms with van der Waals surface area (Å²) in [5.41, 5.74) is 1.48. The van der Waals surface area contributed by atoms with Gasteiger partial charge in [0.2, 0.25) is 0 Å². The van der Waals surface area contributed by atoms with Gasteiger partial charge in [0.1, 0.15) is 0 Å². The number of fused-ring (bicyclic) bond motifs is 1. The number of anilines is 1. The number of Topliss-reactive ketones (excluding diaryl/α,β-unsaturated/α-hetero) is 1. The van der Waals surface area contributed by atoms with E-state index in [1.54, 1.807) is 47.4 Å². The van der Waals surface area contributed by atoms with E-state index < -0.39 is 0 Å². The zero-order chi connectivity index (χ0) is 15.0. The molecule has 0 spiro atoms. The maximum absolute atomic E-state index is 12.7. The van der Waals surface area contributed by atoms with Gasteiger partial charge in [0.05, 0.1) is 16.3 Å². The minimum atomic E-state index is -0.225. The number of hydrogen-bond donors (Lipinski definition) is 0. The van der Waals surface area contributed by atoms with Crippen molar-refractivity contribution in [2.75, 3.05) is 11.4 Å². The Bertz CT molecular complexity index is 743. The van der Waals surface area contributed by atoms with Gasteiger partial charge in [-0.1, -0.05) is 35.3 Å². The smallest absolute Gasteiger partial charge is 0.259 e. The van der Waals surface area contributed by atoms with Crippen LogP contribution in [-0.4, -0.2) is 18.2 Å². The first-order valence-electron chi connectivity index (χ1n) is 6.47. The van der Waals surface area contributed by atoms with Crippen molar-refractivity contribution >= 4 is 40.6 Å². The van der Waals surface area contributed by atoms with Crippen LogP contribution in [0.25, 0.3) is 0 Å². The molecule has 5 heteroatoms. The van der Waals surface area contributed by atoms with Gasteiger partial charge in [-0.3, -0.25) is 9.59 Å². The Balaban J connectivity index is 2.07. The Morgan fingerprint density at radius 1 is 1.10 bits per heavy atom. The highest BCUT2D eigenvalue weighted by Gasteiger charge is 2.28. The van der Waals surface area contributed by atoms with Crippen LogP contribution in [0.3, 0.4) is 0 Å². The largest absolute Gasteiger partial charge is 0.307 e. The maximum atomic E-state index is 12.7. The molecule has 21 heavy (non-hydrogen) atoms. The number of rotatable bonds is 1. The van der Waals surface area contributed by atoms with Crippen LogP contribution < -0.4 is 4.90 Å². The van der Waals surface area contributed by atoms with Gasteiger partial charge in [-0.25, -0.2) is 0 Å². The Kier molecular flexibility index (Phi) is 3.70. The monoisotopic (exact) mass is 319 g/mol. The van der Waals surface area contributed by atoms with Gasteiger partial charge < -0.3 is 4.90 Å². The zero-order valence-corrected chi connectivity index (χ0v) is 12.5. The molecule has 0 N–H and O–H groups in total. The molecule has 1 heterocycles. The highest BCUT2D eigenvalue weighted by atomic mass is 35.5. The van der Waals surface area contributed by atoms with Crippen molar-refractivity contribution in [3.8, 4) is 0 Å². The average molecular weight is 320 g/mol. The summed E-state index contributed by atoms with van der Waals surface area (Å²) in [5, 5.41) is 0.878. The molecule has 1 aliphatic rings. The number of benzene rings is 2. The highest BCUT2D eigenvalue weighted by molar-refractivity contribution is 6.35. The number of carbonyl (C=O) groups is 2. The van der Waals surface area contributed by atoms with E-state index in [0.717, 1.165) is 0 Å². The average Bonchev–Trinajstić information content (AvgIpc) is 2.47. The Morgan fingerprint density at radius 2 is 1.86 bits per heavy atom. The molecule has 0 radical (unpaired) electrons. The van der Waals surface area contributed by atoms with E-state index in [1.165, 1.54) is 0 Å². The van der Waals surface area contributed by atoms with Crippen molar-refractivity contribution in [2.24, 2.45) is 0 Å². The summed E-state index contributed by atoms with van der Waals surface area (Å²) < 4.78 is 0. The van der Waals surface area contributed by atoms with Crippen molar-refractivity contribution in [1.29, 1.82) is 0 Å². The fourth-order valence-electron chi connectivity index (χ4n) is 2.42. The molecule has 0 fully saturated rings. The van der Waals surface area contributed by atoms with Crippen LogP contribution in [0.4, 0.5) is 5.69 Å². The predicted molar refractivity (Wildman–Crippen MR) is 83.5 cm³/mol. The highest BCUT2D eigenvalue weighted by Crippen LogP contribution is 2.32. The first kappa shape index (κ1) is 14.1. The van der Waals surface area contributed by atoms with Crippen LogP contribution in [0.2, 0.25) is 10.0 Å². The zero-order valence-electron chi connectivity index (χ0n) is 11.0. The molecule has 0 atom stereocenters. The normalized spacial score (nSPS) is 14.0. The third-order valence-electron chi connectivity index (χ3n) is 3.46. The summed E-state index contributed by atoms with van der Waals surface area (Å²) in [6.45, 7) is 0.330. The van der Waals surface area contributed by atoms with E-state index in [4.69, 9.17) is 23.2 Å². The molecule has 0 bridgehead atoms. The summed E-state index contributed by atoms with van der Waals surface area (Å²) >= 11 is 12.1. The third kappa shape index (κ3) is 2.55. The lowest BCUT2D eigenvalue weighted by Gasteiger charge is -2.29. The minimum Gasteiger partial charge on any atom is -0.307 e. The number of carbonyl (C=O) groups excluding carboxylic acids is 2. The standard InChI is InChI=1S/C16H11Cl2NO2/c17-10-5-6-12-14(9-10)19(8-7-15(12)20)16(21)11-3-1-2-4-13(11)18/h1-6,9H,7-8H2.